The molecule has 2 rings (SSSR count). The van der Waals surface area contributed by atoms with Gasteiger partial charge in [-0.3, -0.25) is 0 Å². The van der Waals surface area contributed by atoms with Crippen LogP contribution < -0.4 is 5.32 Å². The van der Waals surface area contributed by atoms with Crippen molar-refractivity contribution in [2.75, 3.05) is 12.8 Å². The Balaban J connectivity index is 2.48. The minimum atomic E-state index is -0.179. The summed E-state index contributed by atoms with van der Waals surface area (Å²) in [6.07, 6.45) is 1.99. The highest BCUT2D eigenvalue weighted by Gasteiger charge is 2.17. The number of nitrogens with one attached hydrogen (secondary N) is 1. The Morgan fingerprint density at radius 1 is 1.33 bits per heavy atom. The highest BCUT2D eigenvalue weighted by molar-refractivity contribution is 7.99. The lowest BCUT2D eigenvalue weighted by atomic mass is 10.2. The first-order valence-corrected chi connectivity index (χ1v) is 9.06. The summed E-state index contributed by atoms with van der Waals surface area (Å²) in [6, 6.07) is 5.27. The van der Waals surface area contributed by atoms with Crippen molar-refractivity contribution in [1.82, 2.24) is 10.3 Å². The number of rotatable bonds is 7. The summed E-state index contributed by atoms with van der Waals surface area (Å²) in [5.74, 6) is 0.744. The third-order valence-electron chi connectivity index (χ3n) is 3.09. The molecule has 0 bridgehead atoms. The van der Waals surface area contributed by atoms with Crippen LogP contribution in [0, 0.1) is 5.82 Å². The van der Waals surface area contributed by atoms with Gasteiger partial charge in [0.2, 0.25) is 0 Å². The van der Waals surface area contributed by atoms with Gasteiger partial charge in [0.25, 0.3) is 0 Å². The molecule has 1 aromatic carbocycles. The van der Waals surface area contributed by atoms with Gasteiger partial charge in [-0.1, -0.05) is 26.3 Å². The lowest BCUT2D eigenvalue weighted by Gasteiger charge is -2.06. The lowest BCUT2D eigenvalue weighted by Crippen LogP contribution is -2.05. The van der Waals surface area contributed by atoms with E-state index in [0.717, 1.165) is 40.7 Å². The van der Waals surface area contributed by atoms with E-state index >= 15 is 0 Å². The fourth-order valence-electron chi connectivity index (χ4n) is 2.21. The monoisotopic (exact) mass is 324 g/mol. The summed E-state index contributed by atoms with van der Waals surface area (Å²) in [7, 11) is 1.93. The Labute approximate surface area is 134 Å². The van der Waals surface area contributed by atoms with E-state index in [4.69, 9.17) is 4.98 Å². The van der Waals surface area contributed by atoms with Crippen LogP contribution in [-0.2, 0) is 13.0 Å². The van der Waals surface area contributed by atoms with Crippen LogP contribution in [0.5, 0.6) is 0 Å². The molecule has 0 aliphatic rings. The van der Waals surface area contributed by atoms with Gasteiger partial charge in [-0.15, -0.1) is 23.1 Å². The van der Waals surface area contributed by atoms with Gasteiger partial charge >= 0.3 is 0 Å². The zero-order valence-corrected chi connectivity index (χ0v) is 14.3. The van der Waals surface area contributed by atoms with Crippen molar-refractivity contribution >= 4 is 23.1 Å². The Hall–Kier alpha value is -0.910. The minimum absolute atomic E-state index is 0.179. The van der Waals surface area contributed by atoms with Gasteiger partial charge in [0.1, 0.15) is 10.8 Å². The maximum Gasteiger partial charge on any atom is 0.134 e. The van der Waals surface area contributed by atoms with E-state index in [1.807, 2.05) is 13.1 Å². The van der Waals surface area contributed by atoms with Crippen molar-refractivity contribution in [1.29, 1.82) is 0 Å². The van der Waals surface area contributed by atoms with Crippen LogP contribution in [-0.4, -0.2) is 17.8 Å². The van der Waals surface area contributed by atoms with Crippen LogP contribution >= 0.6 is 23.1 Å². The first kappa shape index (κ1) is 16.5. The van der Waals surface area contributed by atoms with Crippen molar-refractivity contribution in [2.45, 2.75) is 38.1 Å². The summed E-state index contributed by atoms with van der Waals surface area (Å²) in [5.41, 5.74) is 1.76. The largest absolute Gasteiger partial charge is 0.315 e. The molecule has 5 heteroatoms. The van der Waals surface area contributed by atoms with Crippen LogP contribution in [0.3, 0.4) is 0 Å². The molecule has 0 saturated heterocycles. The number of thiazole rings is 1. The van der Waals surface area contributed by atoms with E-state index in [2.05, 4.69) is 19.2 Å². The van der Waals surface area contributed by atoms with Crippen molar-refractivity contribution in [3.63, 3.8) is 0 Å². The molecule has 21 heavy (non-hydrogen) atoms. The first-order chi connectivity index (χ1) is 10.2. The van der Waals surface area contributed by atoms with Crippen LogP contribution in [0.25, 0.3) is 10.6 Å². The smallest absolute Gasteiger partial charge is 0.134 e. The van der Waals surface area contributed by atoms with Gasteiger partial charge in [-0.05, 0) is 31.4 Å². The van der Waals surface area contributed by atoms with Gasteiger partial charge < -0.3 is 5.32 Å². The molecule has 0 saturated carbocycles. The summed E-state index contributed by atoms with van der Waals surface area (Å²) in [5, 5.41) is 3.98. The zero-order chi connectivity index (χ0) is 15.2. The second-order valence-electron chi connectivity index (χ2n) is 4.72. The zero-order valence-electron chi connectivity index (χ0n) is 12.7. The molecule has 1 aromatic heterocycles. The molecule has 0 radical (unpaired) electrons. The number of thioether (sulfide) groups is 1. The van der Waals surface area contributed by atoms with E-state index < -0.39 is 0 Å². The Bertz CT molecular complexity index is 572. The molecule has 0 spiro atoms. The Morgan fingerprint density at radius 2 is 2.14 bits per heavy atom. The molecule has 0 aliphatic carbocycles. The molecule has 0 atom stereocenters. The molecule has 114 valence electrons. The quantitative estimate of drug-likeness (QED) is 0.745. The molecule has 0 fully saturated rings. The average Bonchev–Trinajstić information content (AvgIpc) is 2.83. The molecule has 1 N–H and O–H groups in total. The molecule has 0 unspecified atom stereocenters. The SMILES string of the molecule is CCCc1nc(-c2c(F)cccc2SCC)sc1CNC. The fourth-order valence-corrected chi connectivity index (χ4v) is 4.28. The number of nitrogens with zero attached hydrogens (tertiary/aromatic N) is 1. The van der Waals surface area contributed by atoms with Crippen LogP contribution in [0.15, 0.2) is 23.1 Å². The average molecular weight is 324 g/mol. The molecule has 0 aliphatic heterocycles. The maximum atomic E-state index is 14.3. The number of aromatic nitrogens is 1. The van der Waals surface area contributed by atoms with Crippen molar-refractivity contribution < 1.29 is 4.39 Å². The van der Waals surface area contributed by atoms with E-state index in [1.165, 1.54) is 10.9 Å². The van der Waals surface area contributed by atoms with Gasteiger partial charge in [0.15, 0.2) is 0 Å². The predicted molar refractivity (Wildman–Crippen MR) is 90.7 cm³/mol. The van der Waals surface area contributed by atoms with Crippen LogP contribution in [0.2, 0.25) is 0 Å². The molecule has 2 nitrogen and oxygen atoms in total. The van der Waals surface area contributed by atoms with Gasteiger partial charge in [-0.2, -0.15) is 0 Å². The van der Waals surface area contributed by atoms with Crippen LogP contribution in [0.1, 0.15) is 30.8 Å². The van der Waals surface area contributed by atoms with E-state index in [0.29, 0.717) is 5.56 Å². The fraction of sp³-hybridized carbons (Fsp3) is 0.438. The first-order valence-electron chi connectivity index (χ1n) is 7.26. The number of halogens is 1. The van der Waals surface area contributed by atoms with E-state index in [1.54, 1.807) is 29.2 Å². The third kappa shape index (κ3) is 3.84. The Morgan fingerprint density at radius 3 is 2.81 bits per heavy atom. The van der Waals surface area contributed by atoms with E-state index in [9.17, 15) is 4.39 Å². The summed E-state index contributed by atoms with van der Waals surface area (Å²) >= 11 is 3.27. The second kappa shape index (κ2) is 7.92. The molecular weight excluding hydrogens is 303 g/mol. The predicted octanol–water partition coefficient (Wildman–Crippen LogP) is 4.73. The lowest BCUT2D eigenvalue weighted by molar-refractivity contribution is 0.628. The summed E-state index contributed by atoms with van der Waals surface area (Å²) in [4.78, 5) is 6.91. The summed E-state index contributed by atoms with van der Waals surface area (Å²) < 4.78 is 14.3. The molecule has 1 heterocycles. The molecule has 0 amide bonds. The van der Waals surface area contributed by atoms with Gasteiger partial charge in [-0.25, -0.2) is 9.37 Å². The molecular formula is C16H21FN2S2. The number of benzene rings is 1. The van der Waals surface area contributed by atoms with Crippen LogP contribution in [0.4, 0.5) is 4.39 Å². The second-order valence-corrected chi connectivity index (χ2v) is 7.10. The van der Waals surface area contributed by atoms with Gasteiger partial charge in [0, 0.05) is 16.3 Å². The highest BCUT2D eigenvalue weighted by atomic mass is 32.2. The maximum absolute atomic E-state index is 14.3. The topological polar surface area (TPSA) is 24.9 Å². The number of hydrogen-bond acceptors (Lipinski definition) is 4. The minimum Gasteiger partial charge on any atom is -0.315 e. The standard InChI is InChI=1S/C16H21FN2S2/c1-4-7-12-14(10-18-3)21-16(19-12)15-11(17)8-6-9-13(15)20-5-2/h6,8-9,18H,4-5,7,10H2,1-3H3. The Kier molecular flexibility index (Phi) is 6.21. The van der Waals surface area contributed by atoms with Crippen molar-refractivity contribution in [3.8, 4) is 10.6 Å². The highest BCUT2D eigenvalue weighted by Crippen LogP contribution is 2.37. The summed E-state index contributed by atoms with van der Waals surface area (Å²) in [6.45, 7) is 5.01. The van der Waals surface area contributed by atoms with E-state index in [-0.39, 0.29) is 5.82 Å². The normalized spacial score (nSPS) is 11.0. The van der Waals surface area contributed by atoms with Gasteiger partial charge in [0.05, 0.1) is 11.3 Å². The number of aryl methyl sites for hydroxylation is 1. The third-order valence-corrected chi connectivity index (χ3v) is 5.15. The van der Waals surface area contributed by atoms with Crippen molar-refractivity contribution in [2.24, 2.45) is 0 Å². The number of hydrogen-bond donors (Lipinski definition) is 1. The van der Waals surface area contributed by atoms with Crippen molar-refractivity contribution in [3.05, 3.63) is 34.6 Å². The molecule has 2 aromatic rings.